The molecule has 0 aliphatic carbocycles. The molecule has 0 saturated heterocycles. The molecule has 0 aliphatic heterocycles. The summed E-state index contributed by atoms with van der Waals surface area (Å²) >= 11 is 0. The van der Waals surface area contributed by atoms with Crippen molar-refractivity contribution in [2.75, 3.05) is 46.0 Å². The minimum absolute atomic E-state index is 0.125. The molecule has 0 radical (unpaired) electrons. The molecule has 0 aromatic rings. The van der Waals surface area contributed by atoms with Gasteiger partial charge in [0.25, 0.3) is 10.0 Å². The summed E-state index contributed by atoms with van der Waals surface area (Å²) in [4.78, 5) is 10.9. The average molecular weight is 614 g/mol. The number of carbonyl (C=O) groups is 1. The summed E-state index contributed by atoms with van der Waals surface area (Å²) in [5.41, 5.74) is 0. The van der Waals surface area contributed by atoms with E-state index >= 15 is 0 Å². The van der Waals surface area contributed by atoms with E-state index in [0.717, 1.165) is 0 Å². The normalized spacial score (nSPS) is 15.3. The Balaban J connectivity index is 6.08. The smallest absolute Gasteiger partial charge is 0.460 e. The topological polar surface area (TPSA) is 132 Å². The number of aliphatic carboxylic acids is 1. The van der Waals surface area contributed by atoms with Crippen molar-refractivity contribution >= 4 is 26.1 Å². The van der Waals surface area contributed by atoms with E-state index in [-0.39, 0.29) is 24.0 Å². The van der Waals surface area contributed by atoms with Crippen molar-refractivity contribution in [1.29, 1.82) is 0 Å². The minimum atomic E-state index is -8.01. The zero-order chi connectivity index (χ0) is 30.1. The van der Waals surface area contributed by atoms with Crippen LogP contribution in [0.25, 0.3) is 0 Å². The van der Waals surface area contributed by atoms with E-state index in [1.807, 2.05) is 0 Å². The van der Waals surface area contributed by atoms with Crippen LogP contribution in [0.1, 0.15) is 12.8 Å². The molecule has 0 bridgehead atoms. The second-order valence-electron chi connectivity index (χ2n) is 8.32. The Kier molecular flexibility index (Phi) is 10.5. The van der Waals surface area contributed by atoms with Gasteiger partial charge >= 0.3 is 35.2 Å². The van der Waals surface area contributed by atoms with Crippen molar-refractivity contribution in [3.05, 3.63) is 0 Å². The van der Waals surface area contributed by atoms with E-state index in [1.165, 1.54) is 14.1 Å². The number of nitrogens with zero attached hydrogens (tertiary/aromatic N) is 2. The number of hydrogen-bond donors (Lipinski definition) is 1. The van der Waals surface area contributed by atoms with Crippen molar-refractivity contribution in [2.45, 2.75) is 42.0 Å². The van der Waals surface area contributed by atoms with Crippen LogP contribution in [0.15, 0.2) is 0 Å². The highest BCUT2D eigenvalue weighted by atomic mass is 32.2. The highest BCUT2D eigenvalue weighted by Gasteiger charge is 2.89. The van der Waals surface area contributed by atoms with E-state index < -0.39 is 84.9 Å². The molecule has 0 saturated carbocycles. The number of alkyl halides is 11. The van der Waals surface area contributed by atoms with Crippen LogP contribution in [0.3, 0.4) is 0 Å². The van der Waals surface area contributed by atoms with Crippen LogP contribution in [0.4, 0.5) is 48.3 Å². The standard InChI is InChI=1S/C15H21F11N2O7S2/c1-28(2,7-4-8-36(31,32)33)6-3-5-27(9-10(29)30)37(34,35)15(25,26)13(20,21)11(16,17)12(18,19)14(22,23)24/h3-9H2,1-2H3,(H-,29,30,31,32,33). The van der Waals surface area contributed by atoms with Crippen LogP contribution in [0.2, 0.25) is 0 Å². The van der Waals surface area contributed by atoms with Gasteiger partial charge in [-0.3, -0.25) is 4.79 Å². The first-order chi connectivity index (χ1) is 16.0. The maximum absolute atomic E-state index is 14.2. The summed E-state index contributed by atoms with van der Waals surface area (Å²) in [7, 11) is -9.33. The fourth-order valence-electron chi connectivity index (χ4n) is 2.77. The largest absolute Gasteiger partial charge is 0.748 e. The van der Waals surface area contributed by atoms with E-state index in [1.54, 1.807) is 0 Å². The molecular formula is C15H21F11N2O7S2. The van der Waals surface area contributed by atoms with Gasteiger partial charge in [0.1, 0.15) is 6.54 Å². The van der Waals surface area contributed by atoms with Crippen molar-refractivity contribution in [1.82, 2.24) is 4.31 Å². The predicted octanol–water partition coefficient (Wildman–Crippen LogP) is 2.17. The van der Waals surface area contributed by atoms with Gasteiger partial charge in [-0.1, -0.05) is 0 Å². The molecule has 0 atom stereocenters. The van der Waals surface area contributed by atoms with E-state index in [0.29, 0.717) is 0 Å². The number of hydrogen-bond acceptors (Lipinski definition) is 6. The SMILES string of the molecule is C[N+](C)(CCCN(CC(=O)O)S(=O)(=O)C(F)(F)C(F)(F)C(F)(F)C(F)(F)C(F)(F)F)CCCS(=O)(=O)[O-]. The van der Waals surface area contributed by atoms with E-state index in [4.69, 9.17) is 5.11 Å². The average Bonchev–Trinajstić information content (AvgIpc) is 2.63. The van der Waals surface area contributed by atoms with Crippen LogP contribution in [-0.4, -0.2) is 116 Å². The Labute approximate surface area is 203 Å². The summed E-state index contributed by atoms with van der Waals surface area (Å²) in [6.45, 7) is -4.02. The first-order valence-electron chi connectivity index (χ1n) is 9.53. The molecule has 0 rings (SSSR count). The number of halogens is 11. The molecule has 37 heavy (non-hydrogen) atoms. The summed E-state index contributed by atoms with van der Waals surface area (Å²) in [5.74, 6) is -26.9. The van der Waals surface area contributed by atoms with Gasteiger partial charge < -0.3 is 14.1 Å². The van der Waals surface area contributed by atoms with Gasteiger partial charge in [-0.2, -0.15) is 52.6 Å². The lowest BCUT2D eigenvalue weighted by Gasteiger charge is -2.38. The van der Waals surface area contributed by atoms with Crippen molar-refractivity contribution in [2.24, 2.45) is 0 Å². The highest BCUT2D eigenvalue weighted by molar-refractivity contribution is 7.90. The van der Waals surface area contributed by atoms with Crippen LogP contribution in [0.5, 0.6) is 0 Å². The Morgan fingerprint density at radius 1 is 0.811 bits per heavy atom. The van der Waals surface area contributed by atoms with Gasteiger partial charge in [-0.15, -0.1) is 0 Å². The molecule has 0 spiro atoms. The van der Waals surface area contributed by atoms with Crippen molar-refractivity contribution in [3.63, 3.8) is 0 Å². The van der Waals surface area contributed by atoms with E-state index in [9.17, 15) is 74.5 Å². The van der Waals surface area contributed by atoms with Gasteiger partial charge in [-0.25, -0.2) is 16.8 Å². The Hall–Kier alpha value is -1.52. The monoisotopic (exact) mass is 614 g/mol. The molecule has 0 aliphatic rings. The molecule has 0 amide bonds. The highest BCUT2D eigenvalue weighted by Crippen LogP contribution is 2.58. The number of carboxylic acids is 1. The first-order valence-corrected chi connectivity index (χ1v) is 12.5. The molecule has 0 aromatic heterocycles. The van der Waals surface area contributed by atoms with Gasteiger partial charge in [0.05, 0.1) is 37.3 Å². The molecule has 9 nitrogen and oxygen atoms in total. The predicted molar refractivity (Wildman–Crippen MR) is 99.6 cm³/mol. The molecule has 0 aromatic carbocycles. The molecule has 0 fully saturated rings. The number of quaternary nitrogens is 1. The third-order valence-corrected chi connectivity index (χ3v) is 7.50. The van der Waals surface area contributed by atoms with E-state index in [2.05, 4.69) is 0 Å². The second kappa shape index (κ2) is 10.9. The summed E-state index contributed by atoms with van der Waals surface area (Å²) in [6.07, 6.45) is -8.49. The Morgan fingerprint density at radius 2 is 1.24 bits per heavy atom. The van der Waals surface area contributed by atoms with Crippen LogP contribution < -0.4 is 0 Å². The fourth-order valence-corrected chi connectivity index (χ4v) is 4.68. The molecular weight excluding hydrogens is 593 g/mol. The second-order valence-corrected chi connectivity index (χ2v) is 11.8. The van der Waals surface area contributed by atoms with Gasteiger partial charge in [0.2, 0.25) is 0 Å². The lowest BCUT2D eigenvalue weighted by atomic mass is 10.0. The first kappa shape index (κ1) is 35.5. The lowest BCUT2D eigenvalue weighted by Crippen LogP contribution is -2.69. The molecule has 222 valence electrons. The molecule has 0 unspecified atom stereocenters. The fraction of sp³-hybridized carbons (Fsp3) is 0.933. The zero-order valence-corrected chi connectivity index (χ0v) is 20.3. The Bertz CT molecular complexity index is 1030. The molecule has 0 heterocycles. The number of rotatable bonds is 15. The summed E-state index contributed by atoms with van der Waals surface area (Å²) < 4.78 is 200. The van der Waals surface area contributed by atoms with Crippen LogP contribution in [-0.2, 0) is 24.9 Å². The lowest BCUT2D eigenvalue weighted by molar-refractivity contribution is -0.890. The zero-order valence-electron chi connectivity index (χ0n) is 18.7. The van der Waals surface area contributed by atoms with Crippen LogP contribution >= 0.6 is 0 Å². The minimum Gasteiger partial charge on any atom is -0.748 e. The van der Waals surface area contributed by atoms with Crippen LogP contribution in [0, 0.1) is 0 Å². The van der Waals surface area contributed by atoms with Gasteiger partial charge in [0.15, 0.2) is 0 Å². The number of sulfonamides is 1. The van der Waals surface area contributed by atoms with Crippen molar-refractivity contribution in [3.8, 4) is 0 Å². The summed E-state index contributed by atoms with van der Waals surface area (Å²) in [5, 5.41) is 1.36. The third-order valence-electron chi connectivity index (χ3n) is 4.81. The quantitative estimate of drug-likeness (QED) is 0.170. The van der Waals surface area contributed by atoms with Gasteiger partial charge in [-0.05, 0) is 0 Å². The van der Waals surface area contributed by atoms with Crippen molar-refractivity contribution < 1.29 is 84.1 Å². The molecule has 22 heteroatoms. The third kappa shape index (κ3) is 7.76. The molecule has 1 N–H and O–H groups in total. The Morgan fingerprint density at radius 3 is 1.62 bits per heavy atom. The number of carboxylic acid groups (broad SMARTS) is 1. The maximum Gasteiger partial charge on any atom is 0.460 e. The van der Waals surface area contributed by atoms with Gasteiger partial charge in [0, 0.05) is 25.1 Å². The summed E-state index contributed by atoms with van der Waals surface area (Å²) in [6, 6.07) is 0. The maximum atomic E-state index is 14.2.